The van der Waals surface area contributed by atoms with Crippen LogP contribution in [0.5, 0.6) is 17.2 Å². The fraction of sp³-hybridized carbons (Fsp3) is 0.381. The maximum Gasteiger partial charge on any atom is 0.232 e. The summed E-state index contributed by atoms with van der Waals surface area (Å²) in [5.41, 5.74) is 2.22. The summed E-state index contributed by atoms with van der Waals surface area (Å²) in [6.07, 6.45) is 0.786. The highest BCUT2D eigenvalue weighted by atomic mass is 79.9. The number of hydrogen-bond donors (Lipinski definition) is 1. The van der Waals surface area contributed by atoms with Crippen molar-refractivity contribution in [3.05, 3.63) is 52.0 Å². The molecule has 2 rings (SSSR count). The molecule has 0 saturated heterocycles. The average molecular weight is 468 g/mol. The third-order valence-electron chi connectivity index (χ3n) is 4.28. The maximum absolute atomic E-state index is 12.4. The summed E-state index contributed by atoms with van der Waals surface area (Å²) < 4.78 is 16.7. The van der Waals surface area contributed by atoms with E-state index in [-0.39, 0.29) is 11.2 Å². The average Bonchev–Trinajstić information content (AvgIpc) is 2.72. The number of nitrogens with one attached hydrogen (secondary N) is 1. The van der Waals surface area contributed by atoms with Crippen molar-refractivity contribution in [2.75, 3.05) is 27.9 Å². The monoisotopic (exact) mass is 467 g/mol. The van der Waals surface area contributed by atoms with E-state index in [4.69, 9.17) is 14.2 Å². The van der Waals surface area contributed by atoms with E-state index in [1.54, 1.807) is 33.1 Å². The minimum Gasteiger partial charge on any atom is -0.497 e. The van der Waals surface area contributed by atoms with Crippen molar-refractivity contribution in [1.29, 1.82) is 0 Å². The molecule has 0 aliphatic heterocycles. The van der Waals surface area contributed by atoms with Crippen LogP contribution in [-0.4, -0.2) is 39.0 Å². The van der Waals surface area contributed by atoms with Gasteiger partial charge in [0.25, 0.3) is 0 Å². The van der Waals surface area contributed by atoms with Gasteiger partial charge in [0.15, 0.2) is 11.5 Å². The van der Waals surface area contributed by atoms with Crippen LogP contribution in [0.1, 0.15) is 18.1 Å². The van der Waals surface area contributed by atoms with Crippen LogP contribution in [0.15, 0.2) is 40.9 Å². The highest BCUT2D eigenvalue weighted by Gasteiger charge is 2.15. The van der Waals surface area contributed by atoms with Gasteiger partial charge in [-0.25, -0.2) is 0 Å². The number of hydrogen-bond acceptors (Lipinski definition) is 5. The van der Waals surface area contributed by atoms with Crippen molar-refractivity contribution >= 4 is 33.6 Å². The van der Waals surface area contributed by atoms with Crippen molar-refractivity contribution in [1.82, 2.24) is 5.32 Å². The Labute approximate surface area is 179 Å². The molecule has 152 valence electrons. The normalized spacial score (nSPS) is 11.6. The van der Waals surface area contributed by atoms with Crippen LogP contribution < -0.4 is 19.5 Å². The van der Waals surface area contributed by atoms with Crippen LogP contribution >= 0.6 is 27.7 Å². The third-order valence-corrected chi connectivity index (χ3v) is 6.21. The molecule has 1 atom stereocenters. The smallest absolute Gasteiger partial charge is 0.232 e. The first-order valence-corrected chi connectivity index (χ1v) is 10.7. The van der Waals surface area contributed by atoms with Crippen molar-refractivity contribution in [2.45, 2.75) is 24.3 Å². The molecule has 0 fully saturated rings. The van der Waals surface area contributed by atoms with Crippen molar-refractivity contribution in [3.63, 3.8) is 0 Å². The number of methoxy groups -OCH3 is 3. The quantitative estimate of drug-likeness (QED) is 0.558. The van der Waals surface area contributed by atoms with E-state index in [0.29, 0.717) is 23.8 Å². The third kappa shape index (κ3) is 6.34. The summed E-state index contributed by atoms with van der Waals surface area (Å²) in [5, 5.41) is 2.85. The van der Waals surface area contributed by atoms with Crippen molar-refractivity contribution in [3.8, 4) is 17.2 Å². The van der Waals surface area contributed by atoms with Gasteiger partial charge in [-0.15, -0.1) is 11.8 Å². The summed E-state index contributed by atoms with van der Waals surface area (Å²) >= 11 is 5.14. The topological polar surface area (TPSA) is 56.8 Å². The first-order chi connectivity index (χ1) is 13.5. The molecule has 7 heteroatoms. The lowest BCUT2D eigenvalue weighted by Gasteiger charge is -2.15. The van der Waals surface area contributed by atoms with Gasteiger partial charge in [0.05, 0.1) is 26.6 Å². The number of benzene rings is 2. The van der Waals surface area contributed by atoms with Crippen LogP contribution in [0.2, 0.25) is 0 Å². The van der Waals surface area contributed by atoms with E-state index in [1.165, 1.54) is 0 Å². The summed E-state index contributed by atoms with van der Waals surface area (Å²) in [4.78, 5) is 12.4. The highest BCUT2D eigenvalue weighted by molar-refractivity contribution is 9.10. The number of carbonyl (C=O) groups is 1. The molecule has 0 unspecified atom stereocenters. The Hall–Kier alpha value is -1.86. The lowest BCUT2D eigenvalue weighted by Crippen LogP contribution is -2.32. The number of thioether (sulfide) groups is 1. The highest BCUT2D eigenvalue weighted by Crippen LogP contribution is 2.35. The van der Waals surface area contributed by atoms with E-state index in [1.807, 2.05) is 43.3 Å². The Kier molecular flexibility index (Phi) is 8.99. The van der Waals surface area contributed by atoms with Gasteiger partial charge in [0, 0.05) is 16.8 Å². The van der Waals surface area contributed by atoms with E-state index in [2.05, 4.69) is 21.2 Å². The number of amides is 1. The van der Waals surface area contributed by atoms with Gasteiger partial charge in [0.1, 0.15) is 5.75 Å². The van der Waals surface area contributed by atoms with Crippen LogP contribution in [0.4, 0.5) is 0 Å². The molecular formula is C21H26BrNO4S. The first-order valence-electron chi connectivity index (χ1n) is 8.91. The van der Waals surface area contributed by atoms with Gasteiger partial charge in [-0.3, -0.25) is 4.79 Å². The zero-order valence-electron chi connectivity index (χ0n) is 16.6. The molecule has 1 N–H and O–H groups in total. The summed E-state index contributed by atoms with van der Waals surface area (Å²) in [7, 11) is 4.87. The van der Waals surface area contributed by atoms with Crippen LogP contribution in [0, 0.1) is 0 Å². The minimum absolute atomic E-state index is 0.0371. The fourth-order valence-electron chi connectivity index (χ4n) is 2.56. The molecule has 2 aromatic carbocycles. The second-order valence-electron chi connectivity index (χ2n) is 6.14. The van der Waals surface area contributed by atoms with Gasteiger partial charge in [0.2, 0.25) is 5.91 Å². The summed E-state index contributed by atoms with van der Waals surface area (Å²) in [6, 6.07) is 11.7. The molecule has 5 nitrogen and oxygen atoms in total. The molecule has 0 saturated carbocycles. The van der Waals surface area contributed by atoms with Crippen molar-refractivity contribution < 1.29 is 19.0 Å². The zero-order chi connectivity index (χ0) is 20.5. The second-order valence-corrected chi connectivity index (χ2v) is 8.32. The van der Waals surface area contributed by atoms with E-state index < -0.39 is 0 Å². The molecule has 0 aliphatic carbocycles. The van der Waals surface area contributed by atoms with Crippen LogP contribution in [-0.2, 0) is 17.0 Å². The Balaban J connectivity index is 1.82. The Morgan fingerprint density at radius 1 is 1.07 bits per heavy atom. The molecule has 0 aliphatic rings. The Morgan fingerprint density at radius 2 is 1.71 bits per heavy atom. The van der Waals surface area contributed by atoms with Crippen molar-refractivity contribution in [2.24, 2.45) is 0 Å². The maximum atomic E-state index is 12.4. The summed E-state index contributed by atoms with van der Waals surface area (Å²) in [5.74, 6) is 2.91. The zero-order valence-corrected chi connectivity index (χ0v) is 19.0. The Morgan fingerprint density at radius 3 is 2.32 bits per heavy atom. The molecule has 1 amide bonds. The van der Waals surface area contributed by atoms with Gasteiger partial charge in [-0.05, 0) is 48.7 Å². The number of carbonyl (C=O) groups excluding carboxylic acids is 1. The fourth-order valence-corrected chi connectivity index (χ4v) is 4.11. The van der Waals surface area contributed by atoms with Gasteiger partial charge < -0.3 is 19.5 Å². The molecule has 28 heavy (non-hydrogen) atoms. The standard InChI is InChI=1S/C21H26BrNO4S/c1-14(21(24)23-10-9-15-5-7-17(25-2)8-6-15)28-13-16-11-19(26-3)20(27-4)12-18(16)22/h5-8,11-12,14H,9-10,13H2,1-4H3,(H,23,24)/t14-/m1/s1. The molecule has 0 heterocycles. The van der Waals surface area contributed by atoms with Gasteiger partial charge in [-0.2, -0.15) is 0 Å². The number of rotatable bonds is 10. The molecule has 0 bridgehead atoms. The molecular weight excluding hydrogens is 442 g/mol. The largest absolute Gasteiger partial charge is 0.497 e. The van der Waals surface area contributed by atoms with E-state index >= 15 is 0 Å². The molecule has 0 spiro atoms. The van der Waals surface area contributed by atoms with Crippen LogP contribution in [0.25, 0.3) is 0 Å². The predicted octanol–water partition coefficient (Wildman–Crippen LogP) is 4.46. The lowest BCUT2D eigenvalue weighted by atomic mass is 10.1. The Bertz CT molecular complexity index is 783. The lowest BCUT2D eigenvalue weighted by molar-refractivity contribution is -0.120. The summed E-state index contributed by atoms with van der Waals surface area (Å²) in [6.45, 7) is 2.53. The first kappa shape index (κ1) is 22.4. The predicted molar refractivity (Wildman–Crippen MR) is 118 cm³/mol. The second kappa shape index (κ2) is 11.2. The SMILES string of the molecule is COc1ccc(CCNC(=O)[C@@H](C)SCc2cc(OC)c(OC)cc2Br)cc1. The van der Waals surface area contributed by atoms with E-state index in [9.17, 15) is 4.79 Å². The van der Waals surface area contributed by atoms with Gasteiger partial charge in [-0.1, -0.05) is 28.1 Å². The molecule has 0 aromatic heterocycles. The molecule has 0 radical (unpaired) electrons. The minimum atomic E-state index is -0.157. The van der Waals surface area contributed by atoms with Crippen LogP contribution in [0.3, 0.4) is 0 Å². The van der Waals surface area contributed by atoms with Gasteiger partial charge >= 0.3 is 0 Å². The van der Waals surface area contributed by atoms with E-state index in [0.717, 1.165) is 27.8 Å². The molecule has 2 aromatic rings. The number of halogens is 1. The number of ether oxygens (including phenoxy) is 3.